The van der Waals surface area contributed by atoms with Gasteiger partial charge in [-0.2, -0.15) is 4.31 Å². The maximum atomic E-state index is 13.4. The van der Waals surface area contributed by atoms with Crippen molar-refractivity contribution in [3.05, 3.63) is 89.5 Å². The van der Waals surface area contributed by atoms with E-state index in [9.17, 15) is 13.2 Å². The Labute approximate surface area is 195 Å². The van der Waals surface area contributed by atoms with Gasteiger partial charge in [0.05, 0.1) is 4.90 Å². The second kappa shape index (κ2) is 9.77. The normalized spacial score (nSPS) is 15.2. The van der Waals surface area contributed by atoms with Crippen LogP contribution in [0.5, 0.6) is 0 Å². The summed E-state index contributed by atoms with van der Waals surface area (Å²) in [5.74, 6) is -0.220. The Hall–Kier alpha value is -3.16. The molecule has 2 N–H and O–H groups in total. The molecular formula is C26H29N3O3S. The first-order chi connectivity index (χ1) is 15.8. The number of anilines is 2. The summed E-state index contributed by atoms with van der Waals surface area (Å²) in [5, 5.41) is 6.29. The van der Waals surface area contributed by atoms with Gasteiger partial charge in [-0.25, -0.2) is 8.42 Å². The molecule has 1 aliphatic heterocycles. The Balaban J connectivity index is 1.63. The van der Waals surface area contributed by atoms with Crippen molar-refractivity contribution in [1.82, 2.24) is 4.31 Å². The fourth-order valence-electron chi connectivity index (χ4n) is 4.01. The van der Waals surface area contributed by atoms with Gasteiger partial charge in [0.2, 0.25) is 10.0 Å². The SMILES string of the molecule is Cc1ccc(C)c(NC(=O)C(Nc2cccc(S(=O)(=O)N3CCCC3)c2)c2ccccc2)c1. The van der Waals surface area contributed by atoms with Gasteiger partial charge in [-0.05, 0) is 67.6 Å². The van der Waals surface area contributed by atoms with E-state index in [4.69, 9.17) is 0 Å². The number of benzene rings is 3. The van der Waals surface area contributed by atoms with Crippen molar-refractivity contribution in [2.24, 2.45) is 0 Å². The Morgan fingerprint density at radius 2 is 1.64 bits per heavy atom. The fourth-order valence-corrected chi connectivity index (χ4v) is 5.58. The number of nitrogens with zero attached hydrogens (tertiary/aromatic N) is 1. The minimum atomic E-state index is -3.55. The molecule has 3 aromatic rings. The molecule has 1 amide bonds. The highest BCUT2D eigenvalue weighted by molar-refractivity contribution is 7.89. The number of aryl methyl sites for hydroxylation is 2. The quantitative estimate of drug-likeness (QED) is 0.523. The number of carbonyl (C=O) groups excluding carboxylic acids is 1. The summed E-state index contributed by atoms with van der Waals surface area (Å²) in [5.41, 5.74) is 4.14. The third-order valence-electron chi connectivity index (χ3n) is 5.89. The summed E-state index contributed by atoms with van der Waals surface area (Å²) >= 11 is 0. The van der Waals surface area contributed by atoms with E-state index in [-0.39, 0.29) is 10.8 Å². The third kappa shape index (κ3) is 5.26. The molecule has 0 saturated carbocycles. The molecule has 7 heteroatoms. The van der Waals surface area contributed by atoms with E-state index < -0.39 is 16.1 Å². The first-order valence-corrected chi connectivity index (χ1v) is 12.6. The van der Waals surface area contributed by atoms with Gasteiger partial charge in [-0.15, -0.1) is 0 Å². The van der Waals surface area contributed by atoms with Gasteiger partial charge >= 0.3 is 0 Å². The van der Waals surface area contributed by atoms with E-state index in [0.29, 0.717) is 18.8 Å². The van der Waals surface area contributed by atoms with Crippen LogP contribution < -0.4 is 10.6 Å². The number of hydrogen-bond donors (Lipinski definition) is 2. The summed E-state index contributed by atoms with van der Waals surface area (Å²) in [4.78, 5) is 13.6. The highest BCUT2D eigenvalue weighted by Crippen LogP contribution is 2.27. The average Bonchev–Trinajstić information content (AvgIpc) is 3.37. The molecule has 172 valence electrons. The van der Waals surface area contributed by atoms with Crippen LogP contribution in [0.25, 0.3) is 0 Å². The minimum absolute atomic E-state index is 0.220. The second-order valence-electron chi connectivity index (χ2n) is 8.43. The van der Waals surface area contributed by atoms with Crippen LogP contribution in [0, 0.1) is 13.8 Å². The standard InChI is InChI=1S/C26H29N3O3S/c1-19-13-14-20(2)24(17-19)28-26(30)25(21-9-4-3-5-10-21)27-22-11-8-12-23(18-22)33(31,32)29-15-6-7-16-29/h3-5,8-14,17-18,25,27H,6-7,15-16H2,1-2H3,(H,28,30). The number of amides is 1. The summed E-state index contributed by atoms with van der Waals surface area (Å²) in [6.07, 6.45) is 1.76. The average molecular weight is 464 g/mol. The molecule has 33 heavy (non-hydrogen) atoms. The molecule has 4 rings (SSSR count). The van der Waals surface area contributed by atoms with Gasteiger partial charge in [0.1, 0.15) is 6.04 Å². The zero-order valence-corrected chi connectivity index (χ0v) is 19.7. The maximum Gasteiger partial charge on any atom is 0.251 e. The summed E-state index contributed by atoms with van der Waals surface area (Å²) in [6.45, 7) is 5.02. The smallest absolute Gasteiger partial charge is 0.251 e. The largest absolute Gasteiger partial charge is 0.370 e. The van der Waals surface area contributed by atoms with Crippen LogP contribution in [0.3, 0.4) is 0 Å². The van der Waals surface area contributed by atoms with Crippen LogP contribution in [-0.4, -0.2) is 31.7 Å². The third-order valence-corrected chi connectivity index (χ3v) is 7.79. The van der Waals surface area contributed by atoms with Crippen molar-refractivity contribution in [3.8, 4) is 0 Å². The zero-order chi connectivity index (χ0) is 23.4. The van der Waals surface area contributed by atoms with E-state index in [1.165, 1.54) is 4.31 Å². The monoisotopic (exact) mass is 463 g/mol. The highest BCUT2D eigenvalue weighted by Gasteiger charge is 2.28. The summed E-state index contributed by atoms with van der Waals surface area (Å²) in [6, 6.07) is 21.3. The summed E-state index contributed by atoms with van der Waals surface area (Å²) in [7, 11) is -3.55. The van der Waals surface area contributed by atoms with E-state index in [0.717, 1.165) is 35.2 Å². The fraction of sp³-hybridized carbons (Fsp3) is 0.269. The number of rotatable bonds is 7. The molecule has 1 atom stereocenters. The molecule has 1 heterocycles. The van der Waals surface area contributed by atoms with Gasteiger partial charge in [0.15, 0.2) is 0 Å². The van der Waals surface area contributed by atoms with Crippen molar-refractivity contribution in [2.75, 3.05) is 23.7 Å². The lowest BCUT2D eigenvalue weighted by molar-refractivity contribution is -0.117. The van der Waals surface area contributed by atoms with Crippen LogP contribution in [0.1, 0.15) is 35.6 Å². The number of nitrogens with one attached hydrogen (secondary N) is 2. The molecule has 0 aliphatic carbocycles. The number of hydrogen-bond acceptors (Lipinski definition) is 4. The number of carbonyl (C=O) groups is 1. The van der Waals surface area contributed by atoms with Crippen LogP contribution >= 0.6 is 0 Å². The minimum Gasteiger partial charge on any atom is -0.370 e. The van der Waals surface area contributed by atoms with E-state index in [1.54, 1.807) is 24.3 Å². The van der Waals surface area contributed by atoms with E-state index >= 15 is 0 Å². The van der Waals surface area contributed by atoms with E-state index in [1.807, 2.05) is 62.4 Å². The first-order valence-electron chi connectivity index (χ1n) is 11.1. The van der Waals surface area contributed by atoms with Crippen LogP contribution in [0.4, 0.5) is 11.4 Å². The topological polar surface area (TPSA) is 78.5 Å². The lowest BCUT2D eigenvalue weighted by Crippen LogP contribution is -2.29. The van der Waals surface area contributed by atoms with Gasteiger partial charge in [-0.3, -0.25) is 4.79 Å². The molecule has 1 aliphatic rings. The molecular weight excluding hydrogens is 434 g/mol. The van der Waals surface area contributed by atoms with Crippen LogP contribution in [-0.2, 0) is 14.8 Å². The van der Waals surface area contributed by atoms with Gasteiger partial charge in [0.25, 0.3) is 5.91 Å². The Kier molecular flexibility index (Phi) is 6.81. The molecule has 1 unspecified atom stereocenters. The molecule has 6 nitrogen and oxygen atoms in total. The predicted octanol–water partition coefficient (Wildman–Crippen LogP) is 4.88. The summed E-state index contributed by atoms with van der Waals surface area (Å²) < 4.78 is 27.5. The van der Waals surface area contributed by atoms with Crippen molar-refractivity contribution >= 4 is 27.3 Å². The predicted molar refractivity (Wildman–Crippen MR) is 132 cm³/mol. The van der Waals surface area contributed by atoms with Crippen molar-refractivity contribution in [1.29, 1.82) is 0 Å². The first kappa shape index (κ1) is 23.0. The molecule has 1 saturated heterocycles. The Morgan fingerprint density at radius 3 is 2.36 bits per heavy atom. The number of sulfonamides is 1. The zero-order valence-electron chi connectivity index (χ0n) is 18.9. The molecule has 0 radical (unpaired) electrons. The lowest BCUT2D eigenvalue weighted by Gasteiger charge is -2.22. The van der Waals surface area contributed by atoms with Crippen molar-refractivity contribution < 1.29 is 13.2 Å². The molecule has 3 aromatic carbocycles. The Bertz CT molecular complexity index is 1240. The maximum absolute atomic E-state index is 13.4. The van der Waals surface area contributed by atoms with Gasteiger partial charge < -0.3 is 10.6 Å². The molecule has 0 bridgehead atoms. The van der Waals surface area contributed by atoms with Crippen LogP contribution in [0.15, 0.2) is 77.7 Å². The Morgan fingerprint density at radius 1 is 0.909 bits per heavy atom. The molecule has 0 aromatic heterocycles. The van der Waals surface area contributed by atoms with Crippen LogP contribution in [0.2, 0.25) is 0 Å². The van der Waals surface area contributed by atoms with Gasteiger partial charge in [0, 0.05) is 24.5 Å². The highest BCUT2D eigenvalue weighted by atomic mass is 32.2. The molecule has 0 spiro atoms. The van der Waals surface area contributed by atoms with E-state index in [2.05, 4.69) is 10.6 Å². The van der Waals surface area contributed by atoms with Crippen molar-refractivity contribution in [2.45, 2.75) is 37.6 Å². The molecule has 1 fully saturated rings. The lowest BCUT2D eigenvalue weighted by atomic mass is 10.0. The van der Waals surface area contributed by atoms with Crippen molar-refractivity contribution in [3.63, 3.8) is 0 Å². The second-order valence-corrected chi connectivity index (χ2v) is 10.4. The van der Waals surface area contributed by atoms with Gasteiger partial charge in [-0.1, -0.05) is 48.5 Å².